The molecule has 0 amide bonds. The molecule has 0 bridgehead atoms. The predicted molar refractivity (Wildman–Crippen MR) is 66.5 cm³/mol. The Balaban J connectivity index is 2.21. The van der Waals surface area contributed by atoms with Crippen LogP contribution in [0.25, 0.3) is 0 Å². The first-order valence-electron chi connectivity index (χ1n) is 6.53. The molecule has 3 heteroatoms. The number of rotatable bonds is 6. The highest BCUT2D eigenvalue weighted by atomic mass is 16.5. The molecule has 0 aromatic carbocycles. The third kappa shape index (κ3) is 5.83. The number of hydrogen-bond donors (Lipinski definition) is 2. The monoisotopic (exact) mass is 229 g/mol. The van der Waals surface area contributed by atoms with Crippen LogP contribution in [0.4, 0.5) is 0 Å². The number of ether oxygens (including phenoxy) is 1. The Morgan fingerprint density at radius 1 is 1.38 bits per heavy atom. The van der Waals surface area contributed by atoms with E-state index < -0.39 is 5.60 Å². The largest absolute Gasteiger partial charge is 0.390 e. The number of nitrogens with one attached hydrogen (secondary N) is 1. The molecular weight excluding hydrogens is 202 g/mol. The summed E-state index contributed by atoms with van der Waals surface area (Å²) in [6.07, 6.45) is 3.96. The van der Waals surface area contributed by atoms with Crippen LogP contribution in [0.3, 0.4) is 0 Å². The van der Waals surface area contributed by atoms with Crippen molar-refractivity contribution in [3.63, 3.8) is 0 Å². The summed E-state index contributed by atoms with van der Waals surface area (Å²) < 4.78 is 5.33. The van der Waals surface area contributed by atoms with Gasteiger partial charge in [-0.25, -0.2) is 0 Å². The van der Waals surface area contributed by atoms with Crippen molar-refractivity contribution in [1.29, 1.82) is 0 Å². The van der Waals surface area contributed by atoms with Crippen LogP contribution in [0.15, 0.2) is 0 Å². The molecule has 1 fully saturated rings. The molecule has 0 aliphatic carbocycles. The van der Waals surface area contributed by atoms with Crippen molar-refractivity contribution in [2.75, 3.05) is 19.8 Å². The topological polar surface area (TPSA) is 41.5 Å². The van der Waals surface area contributed by atoms with Crippen molar-refractivity contribution in [3.8, 4) is 0 Å². The second-order valence-electron chi connectivity index (χ2n) is 5.62. The van der Waals surface area contributed by atoms with Gasteiger partial charge >= 0.3 is 0 Å². The van der Waals surface area contributed by atoms with Gasteiger partial charge in [0.1, 0.15) is 0 Å². The third-order valence-corrected chi connectivity index (χ3v) is 3.29. The van der Waals surface area contributed by atoms with Gasteiger partial charge in [-0.15, -0.1) is 0 Å². The molecule has 1 rings (SSSR count). The fourth-order valence-corrected chi connectivity index (χ4v) is 2.30. The summed E-state index contributed by atoms with van der Waals surface area (Å²) in [7, 11) is 0. The van der Waals surface area contributed by atoms with Gasteiger partial charge in [-0.1, -0.05) is 13.8 Å². The lowest BCUT2D eigenvalue weighted by molar-refractivity contribution is -0.00486. The lowest BCUT2D eigenvalue weighted by Crippen LogP contribution is -2.35. The minimum absolute atomic E-state index is 0.499. The molecule has 0 aromatic rings. The van der Waals surface area contributed by atoms with Gasteiger partial charge < -0.3 is 15.2 Å². The standard InChI is InChI=1S/C13H27NO2/c1-11(2)14-7-6-13(3,15)10-12-4-8-16-9-5-12/h11-12,14-15H,4-10H2,1-3H3. The quantitative estimate of drug-likeness (QED) is 0.731. The van der Waals surface area contributed by atoms with Gasteiger partial charge in [0.05, 0.1) is 5.60 Å². The average molecular weight is 229 g/mol. The zero-order valence-corrected chi connectivity index (χ0v) is 11.0. The molecule has 3 nitrogen and oxygen atoms in total. The summed E-state index contributed by atoms with van der Waals surface area (Å²) in [6.45, 7) is 8.86. The maximum absolute atomic E-state index is 10.3. The van der Waals surface area contributed by atoms with Crippen LogP contribution >= 0.6 is 0 Å². The molecule has 1 atom stereocenters. The van der Waals surface area contributed by atoms with Crippen LogP contribution in [0.1, 0.15) is 46.5 Å². The lowest BCUT2D eigenvalue weighted by Gasteiger charge is -2.31. The maximum Gasteiger partial charge on any atom is 0.0634 e. The summed E-state index contributed by atoms with van der Waals surface area (Å²) in [5.41, 5.74) is -0.524. The van der Waals surface area contributed by atoms with Crippen LogP contribution in [0.5, 0.6) is 0 Å². The van der Waals surface area contributed by atoms with Crippen molar-refractivity contribution >= 4 is 0 Å². The summed E-state index contributed by atoms with van der Waals surface area (Å²) in [5, 5.41) is 13.7. The van der Waals surface area contributed by atoms with Crippen molar-refractivity contribution in [2.45, 2.75) is 58.1 Å². The van der Waals surface area contributed by atoms with Gasteiger partial charge in [0.25, 0.3) is 0 Å². The molecule has 0 spiro atoms. The highest BCUT2D eigenvalue weighted by Crippen LogP contribution is 2.27. The highest BCUT2D eigenvalue weighted by molar-refractivity contribution is 4.79. The molecule has 2 N–H and O–H groups in total. The molecule has 0 saturated carbocycles. The number of aliphatic hydroxyl groups is 1. The number of hydrogen-bond acceptors (Lipinski definition) is 3. The van der Waals surface area contributed by atoms with Crippen LogP contribution in [0.2, 0.25) is 0 Å². The van der Waals surface area contributed by atoms with E-state index in [1.165, 1.54) is 0 Å². The van der Waals surface area contributed by atoms with E-state index in [1.807, 2.05) is 6.92 Å². The molecule has 1 unspecified atom stereocenters. The van der Waals surface area contributed by atoms with Crippen molar-refractivity contribution in [1.82, 2.24) is 5.32 Å². The lowest BCUT2D eigenvalue weighted by atomic mass is 9.85. The predicted octanol–water partition coefficient (Wildman–Crippen LogP) is 1.94. The molecule has 1 heterocycles. The molecule has 16 heavy (non-hydrogen) atoms. The molecule has 1 aliphatic heterocycles. The maximum atomic E-state index is 10.3. The summed E-state index contributed by atoms with van der Waals surface area (Å²) >= 11 is 0. The van der Waals surface area contributed by atoms with E-state index in [-0.39, 0.29) is 0 Å². The summed E-state index contributed by atoms with van der Waals surface area (Å²) in [4.78, 5) is 0. The van der Waals surface area contributed by atoms with Crippen molar-refractivity contribution in [3.05, 3.63) is 0 Å². The first kappa shape index (κ1) is 13.9. The van der Waals surface area contributed by atoms with Gasteiger partial charge in [-0.05, 0) is 45.1 Å². The molecule has 1 saturated heterocycles. The second-order valence-corrected chi connectivity index (χ2v) is 5.62. The minimum Gasteiger partial charge on any atom is -0.390 e. The Hall–Kier alpha value is -0.120. The molecular formula is C13H27NO2. The van der Waals surface area contributed by atoms with Gasteiger partial charge in [0, 0.05) is 19.3 Å². The summed E-state index contributed by atoms with van der Waals surface area (Å²) in [5.74, 6) is 0.641. The van der Waals surface area contributed by atoms with E-state index in [0.717, 1.165) is 45.4 Å². The SMILES string of the molecule is CC(C)NCCC(C)(O)CC1CCOCC1. The average Bonchev–Trinajstić information content (AvgIpc) is 2.17. The fraction of sp³-hybridized carbons (Fsp3) is 1.00. The Morgan fingerprint density at radius 2 is 2.00 bits per heavy atom. The first-order chi connectivity index (χ1) is 7.49. The van der Waals surface area contributed by atoms with E-state index in [4.69, 9.17) is 4.74 Å². The van der Waals surface area contributed by atoms with Gasteiger partial charge in [-0.2, -0.15) is 0 Å². The normalized spacial score (nSPS) is 22.3. The smallest absolute Gasteiger partial charge is 0.0634 e. The molecule has 0 aromatic heterocycles. The van der Waals surface area contributed by atoms with Gasteiger partial charge in [0.2, 0.25) is 0 Å². The molecule has 96 valence electrons. The van der Waals surface area contributed by atoms with E-state index in [9.17, 15) is 5.11 Å². The zero-order valence-electron chi connectivity index (χ0n) is 11.0. The Morgan fingerprint density at radius 3 is 2.56 bits per heavy atom. The molecule has 1 aliphatic rings. The van der Waals surface area contributed by atoms with E-state index in [0.29, 0.717) is 12.0 Å². The van der Waals surface area contributed by atoms with Crippen molar-refractivity contribution < 1.29 is 9.84 Å². The van der Waals surface area contributed by atoms with Gasteiger partial charge in [0.15, 0.2) is 0 Å². The van der Waals surface area contributed by atoms with Crippen LogP contribution < -0.4 is 5.32 Å². The first-order valence-corrected chi connectivity index (χ1v) is 6.53. The third-order valence-electron chi connectivity index (χ3n) is 3.29. The zero-order chi connectivity index (χ0) is 12.0. The van der Waals surface area contributed by atoms with Crippen molar-refractivity contribution in [2.24, 2.45) is 5.92 Å². The van der Waals surface area contributed by atoms with Crippen LogP contribution in [-0.4, -0.2) is 36.5 Å². The Kier molecular flexibility index (Phi) is 5.73. The van der Waals surface area contributed by atoms with Gasteiger partial charge in [-0.3, -0.25) is 0 Å². The van der Waals surface area contributed by atoms with E-state index in [2.05, 4.69) is 19.2 Å². The van der Waals surface area contributed by atoms with Crippen LogP contribution in [-0.2, 0) is 4.74 Å². The second kappa shape index (κ2) is 6.58. The Bertz CT molecular complexity index is 186. The fourth-order valence-electron chi connectivity index (χ4n) is 2.30. The van der Waals surface area contributed by atoms with E-state index in [1.54, 1.807) is 0 Å². The molecule has 0 radical (unpaired) electrons. The highest BCUT2D eigenvalue weighted by Gasteiger charge is 2.26. The summed E-state index contributed by atoms with van der Waals surface area (Å²) in [6, 6.07) is 0.499. The minimum atomic E-state index is -0.524. The Labute approximate surface area is 99.6 Å². The van der Waals surface area contributed by atoms with Crippen LogP contribution in [0, 0.1) is 5.92 Å². The van der Waals surface area contributed by atoms with E-state index >= 15 is 0 Å².